The third-order valence-electron chi connectivity index (χ3n) is 2.65. The molecule has 0 amide bonds. The van der Waals surface area contributed by atoms with Crippen molar-refractivity contribution in [2.75, 3.05) is 14.2 Å². The topological polar surface area (TPSA) is 87.6 Å². The van der Waals surface area contributed by atoms with E-state index in [1.54, 1.807) is 0 Å². The highest BCUT2D eigenvalue weighted by Gasteiger charge is 2.19. The van der Waals surface area contributed by atoms with Crippen molar-refractivity contribution in [1.29, 1.82) is 0 Å². The third kappa shape index (κ3) is 3.33. The van der Waals surface area contributed by atoms with Gasteiger partial charge < -0.3 is 15.2 Å². The summed E-state index contributed by atoms with van der Waals surface area (Å²) in [7, 11) is 2.92. The molecule has 100 valence electrons. The van der Waals surface area contributed by atoms with E-state index in [1.165, 1.54) is 26.4 Å². The molecule has 0 aliphatic rings. The van der Waals surface area contributed by atoms with Crippen molar-refractivity contribution < 1.29 is 14.4 Å². The first kappa shape index (κ1) is 14.2. The molecule has 1 atom stereocenters. The van der Waals surface area contributed by atoms with E-state index >= 15 is 0 Å². The van der Waals surface area contributed by atoms with Crippen molar-refractivity contribution in [2.24, 2.45) is 5.73 Å². The van der Waals surface area contributed by atoms with Crippen LogP contribution in [-0.4, -0.2) is 25.2 Å². The third-order valence-corrected chi connectivity index (χ3v) is 2.65. The number of hydrogen-bond donors (Lipinski definition) is 1. The highest BCUT2D eigenvalue weighted by atomic mass is 16.6. The molecular weight excluding hydrogens is 236 g/mol. The van der Waals surface area contributed by atoms with Crippen LogP contribution in [-0.2, 0) is 6.42 Å². The average molecular weight is 254 g/mol. The minimum atomic E-state index is -0.465. The Hall–Kier alpha value is -1.82. The van der Waals surface area contributed by atoms with E-state index in [4.69, 9.17) is 15.2 Å². The van der Waals surface area contributed by atoms with Gasteiger partial charge >= 0.3 is 5.69 Å². The van der Waals surface area contributed by atoms with Crippen LogP contribution >= 0.6 is 0 Å². The minimum absolute atomic E-state index is 0.0378. The van der Waals surface area contributed by atoms with Crippen LogP contribution in [0.25, 0.3) is 0 Å². The minimum Gasteiger partial charge on any atom is -0.496 e. The molecular formula is C12H18N2O4. The molecule has 1 aromatic rings. The van der Waals surface area contributed by atoms with Crippen LogP contribution in [0, 0.1) is 10.1 Å². The summed E-state index contributed by atoms with van der Waals surface area (Å²) >= 11 is 0. The van der Waals surface area contributed by atoms with Crippen LogP contribution < -0.4 is 15.2 Å². The fourth-order valence-corrected chi connectivity index (χ4v) is 1.67. The molecule has 0 radical (unpaired) electrons. The van der Waals surface area contributed by atoms with Gasteiger partial charge in [0.25, 0.3) is 0 Å². The Labute approximate surface area is 106 Å². The maximum Gasteiger partial charge on any atom is 0.311 e. The number of methoxy groups -OCH3 is 2. The molecule has 0 aliphatic heterocycles. The van der Waals surface area contributed by atoms with Crippen LogP contribution in [0.2, 0.25) is 0 Å². The molecule has 0 aliphatic carbocycles. The highest BCUT2D eigenvalue weighted by Crippen LogP contribution is 2.34. The molecule has 1 rings (SSSR count). The number of aryl methyl sites for hydroxylation is 1. The van der Waals surface area contributed by atoms with Gasteiger partial charge in [-0.3, -0.25) is 10.1 Å². The van der Waals surface area contributed by atoms with E-state index in [9.17, 15) is 10.1 Å². The monoisotopic (exact) mass is 254 g/mol. The fourth-order valence-electron chi connectivity index (χ4n) is 1.67. The molecule has 6 heteroatoms. The predicted molar refractivity (Wildman–Crippen MR) is 68.2 cm³/mol. The molecule has 0 bridgehead atoms. The van der Waals surface area contributed by atoms with Crippen molar-refractivity contribution in [3.05, 3.63) is 27.8 Å². The van der Waals surface area contributed by atoms with Gasteiger partial charge in [0.05, 0.1) is 19.1 Å². The van der Waals surface area contributed by atoms with E-state index in [0.29, 0.717) is 12.2 Å². The van der Waals surface area contributed by atoms with Gasteiger partial charge in [0.15, 0.2) is 0 Å². The van der Waals surface area contributed by atoms with Crippen molar-refractivity contribution in [2.45, 2.75) is 25.8 Å². The van der Waals surface area contributed by atoms with E-state index in [1.807, 2.05) is 6.92 Å². The first-order valence-corrected chi connectivity index (χ1v) is 5.64. The van der Waals surface area contributed by atoms with Crippen LogP contribution in [0.15, 0.2) is 12.1 Å². The Morgan fingerprint density at radius 3 is 2.39 bits per heavy atom. The fraction of sp³-hybridized carbons (Fsp3) is 0.500. The van der Waals surface area contributed by atoms with Crippen LogP contribution in [0.3, 0.4) is 0 Å². The summed E-state index contributed by atoms with van der Waals surface area (Å²) in [5, 5.41) is 10.9. The number of rotatable bonds is 6. The number of nitrogens with two attached hydrogens (primary N) is 1. The van der Waals surface area contributed by atoms with Gasteiger partial charge in [-0.2, -0.15) is 0 Å². The Morgan fingerprint density at radius 1 is 1.33 bits per heavy atom. The molecule has 0 fully saturated rings. The highest BCUT2D eigenvalue weighted by molar-refractivity contribution is 5.55. The Morgan fingerprint density at radius 2 is 1.94 bits per heavy atom. The normalized spacial score (nSPS) is 12.0. The molecule has 18 heavy (non-hydrogen) atoms. The molecule has 0 spiro atoms. The maximum atomic E-state index is 10.9. The Balaban J connectivity index is 3.14. The van der Waals surface area contributed by atoms with Gasteiger partial charge in [-0.15, -0.1) is 0 Å². The van der Waals surface area contributed by atoms with E-state index in [2.05, 4.69) is 0 Å². The molecule has 1 unspecified atom stereocenters. The summed E-state index contributed by atoms with van der Waals surface area (Å²) in [5.41, 5.74) is 6.39. The van der Waals surface area contributed by atoms with Crippen LogP contribution in [0.5, 0.6) is 11.5 Å². The second kappa shape index (κ2) is 6.20. The second-order valence-electron chi connectivity index (χ2n) is 4.11. The summed E-state index contributed by atoms with van der Waals surface area (Å²) in [4.78, 5) is 10.5. The number of benzene rings is 1. The van der Waals surface area contributed by atoms with E-state index < -0.39 is 4.92 Å². The lowest BCUT2D eigenvalue weighted by Gasteiger charge is -2.12. The molecule has 0 heterocycles. The lowest BCUT2D eigenvalue weighted by Crippen LogP contribution is -2.15. The zero-order valence-corrected chi connectivity index (χ0v) is 10.8. The van der Waals surface area contributed by atoms with Gasteiger partial charge in [0, 0.05) is 23.7 Å². The summed E-state index contributed by atoms with van der Waals surface area (Å²) in [5.74, 6) is 0.777. The molecule has 1 aromatic carbocycles. The smallest absolute Gasteiger partial charge is 0.311 e. The maximum absolute atomic E-state index is 10.9. The second-order valence-corrected chi connectivity index (χ2v) is 4.11. The first-order valence-electron chi connectivity index (χ1n) is 5.64. The number of hydrogen-bond acceptors (Lipinski definition) is 5. The van der Waals surface area contributed by atoms with Gasteiger partial charge in [0.2, 0.25) is 5.75 Å². The molecule has 2 N–H and O–H groups in total. The van der Waals surface area contributed by atoms with Crippen molar-refractivity contribution in [3.63, 3.8) is 0 Å². The zero-order valence-electron chi connectivity index (χ0n) is 10.8. The van der Waals surface area contributed by atoms with Crippen molar-refractivity contribution in [1.82, 2.24) is 0 Å². The number of nitrogens with zero attached hydrogens (tertiary/aromatic N) is 1. The number of nitro groups is 1. The number of ether oxygens (including phenoxy) is 2. The molecule has 0 saturated carbocycles. The average Bonchev–Trinajstić information content (AvgIpc) is 2.34. The predicted octanol–water partition coefficient (Wildman–Crippen LogP) is 1.89. The Bertz CT molecular complexity index is 432. The van der Waals surface area contributed by atoms with Crippen LogP contribution in [0.4, 0.5) is 5.69 Å². The summed E-state index contributed by atoms with van der Waals surface area (Å²) in [6.07, 6.45) is 1.37. The Kier molecular flexibility index (Phi) is 4.91. The molecule has 0 saturated heterocycles. The van der Waals surface area contributed by atoms with E-state index in [-0.39, 0.29) is 17.5 Å². The lowest BCUT2D eigenvalue weighted by atomic mass is 10.0. The summed E-state index contributed by atoms with van der Waals surface area (Å²) < 4.78 is 10.2. The number of nitro benzene ring substituents is 1. The zero-order chi connectivity index (χ0) is 13.7. The van der Waals surface area contributed by atoms with Crippen molar-refractivity contribution >= 4 is 5.69 Å². The van der Waals surface area contributed by atoms with Gasteiger partial charge in [-0.05, 0) is 19.8 Å². The van der Waals surface area contributed by atoms with E-state index in [0.717, 1.165) is 12.0 Å². The van der Waals surface area contributed by atoms with Gasteiger partial charge in [-0.25, -0.2) is 0 Å². The quantitative estimate of drug-likeness (QED) is 0.618. The summed E-state index contributed by atoms with van der Waals surface area (Å²) in [6, 6.07) is 3.06. The van der Waals surface area contributed by atoms with Gasteiger partial charge in [0.1, 0.15) is 5.75 Å². The largest absolute Gasteiger partial charge is 0.496 e. The van der Waals surface area contributed by atoms with Gasteiger partial charge in [-0.1, -0.05) is 0 Å². The first-order chi connectivity index (χ1) is 8.49. The molecule has 6 nitrogen and oxygen atoms in total. The molecule has 0 aromatic heterocycles. The SMILES string of the molecule is COc1cc(OC)c([N+](=O)[O-])cc1CCC(C)N. The van der Waals surface area contributed by atoms with Crippen LogP contribution in [0.1, 0.15) is 18.9 Å². The summed E-state index contributed by atoms with van der Waals surface area (Å²) in [6.45, 7) is 1.89. The van der Waals surface area contributed by atoms with Crippen molar-refractivity contribution in [3.8, 4) is 11.5 Å². The standard InChI is InChI=1S/C12H18N2O4/c1-8(13)4-5-9-6-10(14(15)16)12(18-3)7-11(9)17-2/h6-8H,4-5,13H2,1-3H3. The lowest BCUT2D eigenvalue weighted by molar-refractivity contribution is -0.385.